The summed E-state index contributed by atoms with van der Waals surface area (Å²) in [5.74, 6) is 0.784. The Hall–Kier alpha value is -1.55. The highest BCUT2D eigenvalue weighted by Gasteiger charge is 2.14. The Labute approximate surface area is 88.2 Å². The zero-order chi connectivity index (χ0) is 10.7. The highest BCUT2D eigenvalue weighted by molar-refractivity contribution is 5.08. The molecule has 2 heterocycles. The van der Waals surface area contributed by atoms with E-state index in [1.165, 1.54) is 0 Å². The molecule has 1 atom stereocenters. The predicted molar refractivity (Wildman–Crippen MR) is 55.3 cm³/mol. The number of aryl methyl sites for hydroxylation is 1. The van der Waals surface area contributed by atoms with Crippen LogP contribution >= 0.6 is 0 Å². The van der Waals surface area contributed by atoms with Crippen molar-refractivity contribution >= 4 is 0 Å². The van der Waals surface area contributed by atoms with Gasteiger partial charge in [0.15, 0.2) is 0 Å². The third-order valence-electron chi connectivity index (χ3n) is 2.40. The maximum atomic E-state index is 9.97. The van der Waals surface area contributed by atoms with E-state index < -0.39 is 6.10 Å². The van der Waals surface area contributed by atoms with Crippen molar-refractivity contribution in [2.75, 3.05) is 0 Å². The smallest absolute Gasteiger partial charge is 0.106 e. The lowest BCUT2D eigenvalue weighted by molar-refractivity contribution is 0.161. The second kappa shape index (κ2) is 4.31. The molecular formula is C11H14N2O2. The van der Waals surface area contributed by atoms with Crippen LogP contribution in [0.25, 0.3) is 0 Å². The highest BCUT2D eigenvalue weighted by atomic mass is 16.3. The number of furan rings is 1. The normalized spacial score (nSPS) is 12.9. The first-order valence-corrected chi connectivity index (χ1v) is 5.01. The van der Waals surface area contributed by atoms with Crippen LogP contribution in [-0.2, 0) is 13.0 Å². The summed E-state index contributed by atoms with van der Waals surface area (Å²) < 4.78 is 7.11. The molecule has 0 amide bonds. The summed E-state index contributed by atoms with van der Waals surface area (Å²) >= 11 is 0. The Morgan fingerprint density at radius 2 is 2.47 bits per heavy atom. The van der Waals surface area contributed by atoms with Crippen LogP contribution in [0.3, 0.4) is 0 Å². The Kier molecular flexibility index (Phi) is 2.87. The van der Waals surface area contributed by atoms with Crippen LogP contribution in [0.15, 0.2) is 35.3 Å². The van der Waals surface area contributed by atoms with E-state index in [2.05, 4.69) is 4.98 Å². The zero-order valence-corrected chi connectivity index (χ0v) is 8.63. The summed E-state index contributed by atoms with van der Waals surface area (Å²) in [6.07, 6.45) is 4.95. The number of aliphatic hydroxyl groups excluding tert-OH is 1. The molecule has 0 radical (unpaired) electrons. The van der Waals surface area contributed by atoms with Crippen molar-refractivity contribution in [3.05, 3.63) is 42.4 Å². The molecule has 4 heteroatoms. The number of hydrogen-bond donors (Lipinski definition) is 1. The summed E-state index contributed by atoms with van der Waals surface area (Å²) in [4.78, 5) is 4.02. The van der Waals surface area contributed by atoms with Crippen LogP contribution in [-0.4, -0.2) is 14.7 Å². The first-order valence-electron chi connectivity index (χ1n) is 5.01. The van der Waals surface area contributed by atoms with Gasteiger partial charge >= 0.3 is 0 Å². The van der Waals surface area contributed by atoms with Gasteiger partial charge in [0.1, 0.15) is 11.9 Å². The van der Waals surface area contributed by atoms with Crippen molar-refractivity contribution in [2.45, 2.75) is 26.0 Å². The largest absolute Gasteiger partial charge is 0.469 e. The van der Waals surface area contributed by atoms with E-state index in [9.17, 15) is 5.11 Å². The summed E-state index contributed by atoms with van der Waals surface area (Å²) in [5, 5.41) is 9.97. The summed E-state index contributed by atoms with van der Waals surface area (Å²) in [7, 11) is 0. The minimum absolute atomic E-state index is 0.485. The molecule has 4 nitrogen and oxygen atoms in total. The Bertz CT molecular complexity index is 406. The minimum atomic E-state index is -0.557. The molecule has 0 fully saturated rings. The van der Waals surface area contributed by atoms with Crippen LogP contribution in [0.2, 0.25) is 0 Å². The van der Waals surface area contributed by atoms with Crippen molar-refractivity contribution in [1.82, 2.24) is 9.55 Å². The van der Waals surface area contributed by atoms with Crippen LogP contribution in [0.4, 0.5) is 0 Å². The van der Waals surface area contributed by atoms with Gasteiger partial charge in [-0.05, 0) is 19.1 Å². The molecule has 2 aromatic rings. The quantitative estimate of drug-likeness (QED) is 0.829. The summed E-state index contributed by atoms with van der Waals surface area (Å²) in [6, 6.07) is 3.68. The lowest BCUT2D eigenvalue weighted by atomic mass is 10.1. The maximum Gasteiger partial charge on any atom is 0.106 e. The number of hydrogen-bond acceptors (Lipinski definition) is 3. The fraction of sp³-hybridized carbons (Fsp3) is 0.364. The van der Waals surface area contributed by atoms with E-state index in [1.54, 1.807) is 18.8 Å². The summed E-state index contributed by atoms with van der Waals surface area (Å²) in [6.45, 7) is 2.83. The number of aliphatic hydroxyl groups is 1. The minimum Gasteiger partial charge on any atom is -0.469 e. The van der Waals surface area contributed by atoms with Crippen molar-refractivity contribution in [3.63, 3.8) is 0 Å². The second-order valence-corrected chi connectivity index (χ2v) is 3.40. The van der Waals surface area contributed by atoms with Gasteiger partial charge in [0.05, 0.1) is 24.5 Å². The van der Waals surface area contributed by atoms with Crippen molar-refractivity contribution < 1.29 is 9.52 Å². The van der Waals surface area contributed by atoms with Crippen LogP contribution in [0, 0.1) is 0 Å². The number of aromatic nitrogens is 2. The van der Waals surface area contributed by atoms with Gasteiger partial charge in [0, 0.05) is 13.0 Å². The topological polar surface area (TPSA) is 51.2 Å². The molecule has 0 bridgehead atoms. The molecule has 1 unspecified atom stereocenters. The SMILES string of the molecule is CCn1cncc1C(O)Cc1ccco1. The molecular weight excluding hydrogens is 192 g/mol. The molecule has 80 valence electrons. The van der Waals surface area contributed by atoms with E-state index in [0.29, 0.717) is 6.42 Å². The van der Waals surface area contributed by atoms with Gasteiger partial charge in [0.2, 0.25) is 0 Å². The van der Waals surface area contributed by atoms with Gasteiger partial charge in [-0.2, -0.15) is 0 Å². The van der Waals surface area contributed by atoms with Crippen LogP contribution < -0.4 is 0 Å². The van der Waals surface area contributed by atoms with Crippen LogP contribution in [0.5, 0.6) is 0 Å². The van der Waals surface area contributed by atoms with Gasteiger partial charge in [0.25, 0.3) is 0 Å². The molecule has 0 aliphatic carbocycles. The zero-order valence-electron chi connectivity index (χ0n) is 8.63. The Morgan fingerprint density at radius 3 is 3.13 bits per heavy atom. The van der Waals surface area contributed by atoms with Gasteiger partial charge in [-0.1, -0.05) is 0 Å². The van der Waals surface area contributed by atoms with E-state index >= 15 is 0 Å². The fourth-order valence-electron chi connectivity index (χ4n) is 1.60. The molecule has 2 aromatic heterocycles. The maximum absolute atomic E-state index is 9.97. The third-order valence-corrected chi connectivity index (χ3v) is 2.40. The number of rotatable bonds is 4. The molecule has 0 aromatic carbocycles. The van der Waals surface area contributed by atoms with E-state index in [4.69, 9.17) is 4.42 Å². The van der Waals surface area contributed by atoms with Gasteiger partial charge < -0.3 is 14.1 Å². The van der Waals surface area contributed by atoms with E-state index in [0.717, 1.165) is 18.0 Å². The first-order chi connectivity index (χ1) is 7.31. The molecule has 0 aliphatic heterocycles. The van der Waals surface area contributed by atoms with Gasteiger partial charge in [-0.15, -0.1) is 0 Å². The van der Waals surface area contributed by atoms with Gasteiger partial charge in [-0.25, -0.2) is 4.98 Å². The fourth-order valence-corrected chi connectivity index (χ4v) is 1.60. The first kappa shape index (κ1) is 9.98. The molecule has 15 heavy (non-hydrogen) atoms. The standard InChI is InChI=1S/C11H14N2O2/c1-2-13-8-12-7-10(13)11(14)6-9-4-3-5-15-9/h3-5,7-8,11,14H,2,6H2,1H3. The number of nitrogens with zero attached hydrogens (tertiary/aromatic N) is 2. The predicted octanol–water partition coefficient (Wildman–Crippen LogP) is 1.77. The van der Waals surface area contributed by atoms with E-state index in [1.807, 2.05) is 23.6 Å². The molecule has 0 spiro atoms. The molecule has 0 aliphatic rings. The van der Waals surface area contributed by atoms with Crippen LogP contribution in [0.1, 0.15) is 24.5 Å². The molecule has 1 N–H and O–H groups in total. The van der Waals surface area contributed by atoms with Gasteiger partial charge in [-0.3, -0.25) is 0 Å². The lowest BCUT2D eigenvalue weighted by Gasteiger charge is -2.10. The average molecular weight is 206 g/mol. The molecule has 2 rings (SSSR count). The molecule has 0 saturated heterocycles. The highest BCUT2D eigenvalue weighted by Crippen LogP contribution is 2.18. The second-order valence-electron chi connectivity index (χ2n) is 3.40. The van der Waals surface area contributed by atoms with Crippen molar-refractivity contribution in [2.24, 2.45) is 0 Å². The Balaban J connectivity index is 2.11. The molecule has 0 saturated carbocycles. The Morgan fingerprint density at radius 1 is 1.60 bits per heavy atom. The summed E-state index contributed by atoms with van der Waals surface area (Å²) in [5.41, 5.74) is 0.828. The average Bonchev–Trinajstić information content (AvgIpc) is 2.86. The lowest BCUT2D eigenvalue weighted by Crippen LogP contribution is -2.07. The van der Waals surface area contributed by atoms with Crippen molar-refractivity contribution in [1.29, 1.82) is 0 Å². The van der Waals surface area contributed by atoms with Crippen molar-refractivity contribution in [3.8, 4) is 0 Å². The monoisotopic (exact) mass is 206 g/mol. The van der Waals surface area contributed by atoms with E-state index in [-0.39, 0.29) is 0 Å². The number of imidazole rings is 1. The third kappa shape index (κ3) is 2.10.